The molecule has 0 saturated carbocycles. The molecule has 0 bridgehead atoms. The molecule has 0 aromatic carbocycles. The van der Waals surface area contributed by atoms with E-state index in [4.69, 9.17) is 8.85 Å². The summed E-state index contributed by atoms with van der Waals surface area (Å²) in [4.78, 5) is 11.5. The Labute approximate surface area is 115 Å². The number of hydrogen-bond acceptors (Lipinski definition) is 3. The van der Waals surface area contributed by atoms with Crippen LogP contribution in [-0.4, -0.2) is 41.6 Å². The van der Waals surface area contributed by atoms with E-state index in [1.807, 2.05) is 0 Å². The molecule has 7 heteroatoms. The molecule has 2 unspecified atom stereocenters. The second kappa shape index (κ2) is 4.40. The third kappa shape index (κ3) is 2.03. The van der Waals surface area contributed by atoms with Gasteiger partial charge in [-0.2, -0.15) is 0 Å². The van der Waals surface area contributed by atoms with Gasteiger partial charge >= 0.3 is 0 Å². The predicted molar refractivity (Wildman–Crippen MR) is 86.4 cm³/mol. The molecule has 2 atom stereocenters. The maximum absolute atomic E-state index is 11.5. The van der Waals surface area contributed by atoms with Gasteiger partial charge in [-0.25, -0.2) is 0 Å². The van der Waals surface area contributed by atoms with Crippen LogP contribution >= 0.6 is 0 Å². The van der Waals surface area contributed by atoms with Crippen molar-refractivity contribution in [2.24, 2.45) is 0 Å². The van der Waals surface area contributed by atoms with E-state index < -0.39 is 29.9 Å². The average molecular weight is 321 g/mol. The zero-order valence-corrected chi connectivity index (χ0v) is 17.3. The lowest BCUT2D eigenvalue weighted by atomic mass is 10.9. The first-order valence-electron chi connectivity index (χ1n) is 6.67. The van der Waals surface area contributed by atoms with Crippen LogP contribution in [0.2, 0.25) is 45.8 Å². The highest BCUT2D eigenvalue weighted by Crippen LogP contribution is 2.43. The fourth-order valence-electron chi connectivity index (χ4n) is 3.09. The molecule has 0 aromatic heterocycles. The van der Waals surface area contributed by atoms with Gasteiger partial charge in [0.25, 0.3) is 13.8 Å². The van der Waals surface area contributed by atoms with Crippen molar-refractivity contribution in [3.8, 4) is 0 Å². The zero-order valence-electron chi connectivity index (χ0n) is 13.3. The standard InChI is InChI=1S/C11H28O3Si4/c1-10(12)13-18(9)11(2)14-15(3,4)16(5,6)17(18,7)8/h11H,1-9H3. The number of carbonyl (C=O) groups is 1. The van der Waals surface area contributed by atoms with Crippen LogP contribution in [0.4, 0.5) is 0 Å². The third-order valence-electron chi connectivity index (χ3n) is 5.91. The Morgan fingerprint density at radius 3 is 1.83 bits per heavy atom. The van der Waals surface area contributed by atoms with Gasteiger partial charge in [0.1, 0.15) is 0 Å². The van der Waals surface area contributed by atoms with Crippen LogP contribution in [0.1, 0.15) is 13.8 Å². The molecule has 1 rings (SSSR count). The monoisotopic (exact) mass is 320 g/mol. The molecule has 0 radical (unpaired) electrons. The summed E-state index contributed by atoms with van der Waals surface area (Å²) in [6.07, 6.45) is 0. The van der Waals surface area contributed by atoms with E-state index in [-0.39, 0.29) is 11.7 Å². The van der Waals surface area contributed by atoms with Gasteiger partial charge in [0, 0.05) is 6.92 Å². The van der Waals surface area contributed by atoms with Crippen LogP contribution in [0.5, 0.6) is 0 Å². The molecule has 0 spiro atoms. The summed E-state index contributed by atoms with van der Waals surface area (Å²) in [6.45, 7) is 20.5. The van der Waals surface area contributed by atoms with Crippen LogP contribution in [0.15, 0.2) is 0 Å². The molecule has 0 aliphatic carbocycles. The van der Waals surface area contributed by atoms with Crippen molar-refractivity contribution in [3.05, 3.63) is 0 Å². The molecule has 1 aliphatic heterocycles. The van der Waals surface area contributed by atoms with Crippen molar-refractivity contribution in [1.29, 1.82) is 0 Å². The van der Waals surface area contributed by atoms with E-state index >= 15 is 0 Å². The highest BCUT2D eigenvalue weighted by atomic mass is 29.8. The van der Waals surface area contributed by atoms with Crippen LogP contribution in [-0.2, 0) is 13.6 Å². The summed E-state index contributed by atoms with van der Waals surface area (Å²) in [5.74, 6) is -0.119. The first-order valence-corrected chi connectivity index (χ1v) is 21.1. The van der Waals surface area contributed by atoms with Crippen LogP contribution < -0.4 is 0 Å². The SMILES string of the molecule is CC(=O)O[Si]1(C)C(C)O[Si](C)(C)[Si](C)(C)[Si]1(C)C. The van der Waals surface area contributed by atoms with Gasteiger partial charge in [0.2, 0.25) is 0 Å². The molecule has 106 valence electrons. The van der Waals surface area contributed by atoms with E-state index in [9.17, 15) is 4.79 Å². The Morgan fingerprint density at radius 1 is 1.00 bits per heavy atom. The highest BCUT2D eigenvalue weighted by Gasteiger charge is 2.70. The Kier molecular flexibility index (Phi) is 4.00. The summed E-state index contributed by atoms with van der Waals surface area (Å²) >= 11 is 0. The topological polar surface area (TPSA) is 35.5 Å². The molecular formula is C11H28O3Si4. The minimum absolute atomic E-state index is 0.119. The van der Waals surface area contributed by atoms with E-state index in [1.165, 1.54) is 0 Å². The van der Waals surface area contributed by atoms with E-state index in [0.717, 1.165) is 0 Å². The smallest absolute Gasteiger partial charge is 0.289 e. The van der Waals surface area contributed by atoms with E-state index in [2.05, 4.69) is 52.8 Å². The lowest BCUT2D eigenvalue weighted by Crippen LogP contribution is -2.88. The minimum atomic E-state index is -2.09. The van der Waals surface area contributed by atoms with Crippen molar-refractivity contribution in [2.45, 2.75) is 65.4 Å². The molecule has 1 aliphatic rings. The summed E-state index contributed by atoms with van der Waals surface area (Å²) in [6, 6.07) is 0. The van der Waals surface area contributed by atoms with Gasteiger partial charge in [-0.15, -0.1) is 0 Å². The van der Waals surface area contributed by atoms with Crippen molar-refractivity contribution in [3.63, 3.8) is 0 Å². The second-order valence-corrected chi connectivity index (χ2v) is 44.8. The van der Waals surface area contributed by atoms with E-state index in [1.54, 1.807) is 6.92 Å². The normalized spacial score (nSPS) is 37.1. The fourth-order valence-corrected chi connectivity index (χ4v) is 68.0. The van der Waals surface area contributed by atoms with Crippen molar-refractivity contribution in [2.75, 3.05) is 0 Å². The molecule has 0 N–H and O–H groups in total. The summed E-state index contributed by atoms with van der Waals surface area (Å²) in [5, 5.41) is 0. The first-order chi connectivity index (χ1) is 7.79. The zero-order chi connectivity index (χ0) is 14.6. The van der Waals surface area contributed by atoms with Gasteiger partial charge in [0.05, 0.1) is 19.9 Å². The summed E-state index contributed by atoms with van der Waals surface area (Å²) in [5.41, 5.74) is 0.158. The van der Waals surface area contributed by atoms with Gasteiger partial charge in [-0.3, -0.25) is 4.79 Å². The Balaban J connectivity index is 3.34. The van der Waals surface area contributed by atoms with Crippen molar-refractivity contribution < 1.29 is 13.6 Å². The molecule has 3 nitrogen and oxygen atoms in total. The summed E-state index contributed by atoms with van der Waals surface area (Å²) < 4.78 is 12.4. The molecule has 0 aromatic rings. The van der Waals surface area contributed by atoms with E-state index in [0.29, 0.717) is 0 Å². The molecule has 18 heavy (non-hydrogen) atoms. The minimum Gasteiger partial charge on any atom is -0.520 e. The molecule has 1 heterocycles. The van der Waals surface area contributed by atoms with Crippen LogP contribution in [0, 0.1) is 0 Å². The Bertz CT molecular complexity index is 367. The van der Waals surface area contributed by atoms with Crippen LogP contribution in [0.3, 0.4) is 0 Å². The highest BCUT2D eigenvalue weighted by molar-refractivity contribution is 7.82. The first kappa shape index (κ1) is 16.4. The summed E-state index contributed by atoms with van der Waals surface area (Å²) in [7, 11) is -6.72. The molecule has 0 amide bonds. The molecular weight excluding hydrogens is 292 g/mol. The number of carbonyl (C=O) groups excluding carboxylic acids is 1. The van der Waals surface area contributed by atoms with Gasteiger partial charge in [0.15, 0.2) is 7.83 Å². The third-order valence-corrected chi connectivity index (χ3v) is 69.2. The number of hydrogen-bond donors (Lipinski definition) is 0. The number of rotatable bonds is 1. The predicted octanol–water partition coefficient (Wildman–Crippen LogP) is 2.94. The maximum Gasteiger partial charge on any atom is 0.289 e. The van der Waals surface area contributed by atoms with Crippen molar-refractivity contribution >= 4 is 35.9 Å². The quantitative estimate of drug-likeness (QED) is 0.697. The lowest BCUT2D eigenvalue weighted by Gasteiger charge is -2.60. The van der Waals surface area contributed by atoms with Gasteiger partial charge in [-0.05, 0) is 26.6 Å². The van der Waals surface area contributed by atoms with Crippen LogP contribution in [0.25, 0.3) is 0 Å². The Hall–Kier alpha value is 0.298. The second-order valence-electron chi connectivity index (χ2n) is 7.22. The van der Waals surface area contributed by atoms with Gasteiger partial charge < -0.3 is 8.85 Å². The molecule has 1 saturated heterocycles. The maximum atomic E-state index is 11.5. The largest absolute Gasteiger partial charge is 0.520 e. The fraction of sp³-hybridized carbons (Fsp3) is 0.909. The van der Waals surface area contributed by atoms with Crippen molar-refractivity contribution in [1.82, 2.24) is 0 Å². The Morgan fingerprint density at radius 2 is 1.44 bits per heavy atom. The molecule has 1 fully saturated rings. The average Bonchev–Trinajstić information content (AvgIpc) is 2.13. The van der Waals surface area contributed by atoms with Gasteiger partial charge in [-0.1, -0.05) is 26.2 Å². The lowest BCUT2D eigenvalue weighted by molar-refractivity contribution is -0.132.